The van der Waals surface area contributed by atoms with E-state index in [2.05, 4.69) is 31.4 Å². The number of halogens is 1. The first-order valence-electron chi connectivity index (χ1n) is 14.3. The maximum atomic E-state index is 13.1. The molecule has 10 heteroatoms. The van der Waals surface area contributed by atoms with Gasteiger partial charge in [0.05, 0.1) is 25.4 Å². The van der Waals surface area contributed by atoms with E-state index in [0.717, 1.165) is 12.8 Å². The molecular weight excluding hydrogens is 534 g/mol. The van der Waals surface area contributed by atoms with Crippen molar-refractivity contribution >= 4 is 24.2 Å². The molecule has 0 fully saturated rings. The van der Waals surface area contributed by atoms with Crippen molar-refractivity contribution in [3.05, 3.63) is 23.8 Å². The van der Waals surface area contributed by atoms with Crippen molar-refractivity contribution in [2.75, 3.05) is 40.5 Å². The average Bonchev–Trinajstić information content (AvgIpc) is 2.91. The van der Waals surface area contributed by atoms with Gasteiger partial charge in [-0.05, 0) is 49.1 Å². The summed E-state index contributed by atoms with van der Waals surface area (Å²) < 4.78 is 16.2. The third kappa shape index (κ3) is 13.5. The van der Waals surface area contributed by atoms with E-state index < -0.39 is 12.1 Å². The van der Waals surface area contributed by atoms with E-state index in [1.165, 1.54) is 0 Å². The summed E-state index contributed by atoms with van der Waals surface area (Å²) in [5.41, 5.74) is 6.87. The summed E-state index contributed by atoms with van der Waals surface area (Å²) in [6.07, 6.45) is 2.64. The minimum Gasteiger partial charge on any atom is -0.497 e. The number of nitrogens with two attached hydrogens (primary N) is 1. The molecule has 1 rings (SSSR count). The largest absolute Gasteiger partial charge is 0.497 e. The van der Waals surface area contributed by atoms with Crippen LogP contribution < -0.4 is 25.8 Å². The second kappa shape index (κ2) is 20.8. The highest BCUT2D eigenvalue weighted by Gasteiger charge is 2.29. The highest BCUT2D eigenvalue weighted by atomic mass is 35.5. The highest BCUT2D eigenvalue weighted by molar-refractivity contribution is 5.97. The van der Waals surface area contributed by atoms with Crippen LogP contribution in [0.1, 0.15) is 77.1 Å². The first-order chi connectivity index (χ1) is 18.5. The lowest BCUT2D eigenvalue weighted by molar-refractivity contribution is -0.127. The number of unbranched alkanes of at least 4 members (excludes halogenated alkanes) is 1. The van der Waals surface area contributed by atoms with Crippen LogP contribution in [0.25, 0.3) is 0 Å². The van der Waals surface area contributed by atoms with Crippen molar-refractivity contribution in [3.63, 3.8) is 0 Å². The summed E-state index contributed by atoms with van der Waals surface area (Å²) in [6.45, 7) is 12.2. The Bertz CT molecular complexity index is 855. The summed E-state index contributed by atoms with van der Waals surface area (Å²) in [6, 6.07) is 4.61. The molecule has 0 aliphatic heterocycles. The van der Waals surface area contributed by atoms with Gasteiger partial charge in [0.15, 0.2) is 0 Å². The van der Waals surface area contributed by atoms with Crippen LogP contribution in [0.5, 0.6) is 11.5 Å². The van der Waals surface area contributed by atoms with Gasteiger partial charge in [0.1, 0.15) is 11.5 Å². The number of methoxy groups -OCH3 is 2. The SMILES string of the molecule is CCCCNC(=O)[C@@H](C[C@H](O)[C@@H](N)C[C@H](CNC(=O)c1ccc(OC)cc1OCCCOC)C(C)C)C(C)C.Cl. The molecule has 0 unspecified atom stereocenters. The fourth-order valence-electron chi connectivity index (χ4n) is 4.38. The lowest BCUT2D eigenvalue weighted by Crippen LogP contribution is -2.44. The lowest BCUT2D eigenvalue weighted by atomic mass is 9.83. The molecule has 0 saturated carbocycles. The van der Waals surface area contributed by atoms with Crippen LogP contribution in [-0.2, 0) is 9.53 Å². The van der Waals surface area contributed by atoms with Crippen LogP contribution in [-0.4, -0.2) is 69.6 Å². The molecular formula is C30H54ClN3O6. The van der Waals surface area contributed by atoms with E-state index >= 15 is 0 Å². The number of rotatable bonds is 20. The highest BCUT2D eigenvalue weighted by Crippen LogP contribution is 2.26. The molecule has 0 aliphatic carbocycles. The molecule has 0 heterocycles. The molecule has 0 spiro atoms. The maximum absolute atomic E-state index is 13.1. The Morgan fingerprint density at radius 1 is 1.00 bits per heavy atom. The summed E-state index contributed by atoms with van der Waals surface area (Å²) in [7, 11) is 3.20. The van der Waals surface area contributed by atoms with E-state index in [1.54, 1.807) is 32.4 Å². The zero-order chi connectivity index (χ0) is 29.4. The lowest BCUT2D eigenvalue weighted by Gasteiger charge is -2.30. The van der Waals surface area contributed by atoms with Gasteiger partial charge in [0.2, 0.25) is 5.91 Å². The standard InChI is InChI=1S/C30H53N3O6.ClH/c1-8-9-13-32-30(36)25(21(4)5)18-27(34)26(31)16-22(20(2)3)19-33-29(35)24-12-11-23(38-7)17-28(24)39-15-10-14-37-6;/h11-12,17,20-22,25-27,34H,8-10,13-16,18-19,31H2,1-7H3,(H,32,36)(H,33,35);1H/t22-,25+,26+,27+;/m1./s1. The van der Waals surface area contributed by atoms with Gasteiger partial charge in [-0.2, -0.15) is 0 Å². The van der Waals surface area contributed by atoms with Gasteiger partial charge in [-0.15, -0.1) is 12.4 Å². The van der Waals surface area contributed by atoms with E-state index in [-0.39, 0.29) is 47.9 Å². The third-order valence-corrected chi connectivity index (χ3v) is 7.19. The predicted molar refractivity (Wildman–Crippen MR) is 162 cm³/mol. The number of ether oxygens (including phenoxy) is 3. The Kier molecular flexibility index (Phi) is 19.7. The zero-order valence-electron chi connectivity index (χ0n) is 25.5. The molecule has 5 N–H and O–H groups in total. The molecule has 9 nitrogen and oxygen atoms in total. The first kappa shape index (κ1) is 37.9. The Morgan fingerprint density at radius 3 is 2.27 bits per heavy atom. The van der Waals surface area contributed by atoms with Gasteiger partial charge in [0, 0.05) is 51.3 Å². The van der Waals surface area contributed by atoms with Crippen molar-refractivity contribution in [2.45, 2.75) is 78.9 Å². The van der Waals surface area contributed by atoms with Gasteiger partial charge in [-0.1, -0.05) is 41.0 Å². The number of aliphatic hydroxyl groups excluding tert-OH is 1. The van der Waals surface area contributed by atoms with E-state index in [0.29, 0.717) is 62.6 Å². The Morgan fingerprint density at radius 2 is 1.70 bits per heavy atom. The predicted octanol–water partition coefficient (Wildman–Crippen LogP) is 4.19. The molecule has 0 aromatic heterocycles. The Labute approximate surface area is 247 Å². The number of benzene rings is 1. The number of carbonyl (C=O) groups is 2. The van der Waals surface area contributed by atoms with Crippen molar-refractivity contribution in [2.24, 2.45) is 29.4 Å². The fraction of sp³-hybridized carbons (Fsp3) is 0.733. The second-order valence-electron chi connectivity index (χ2n) is 11.0. The zero-order valence-corrected chi connectivity index (χ0v) is 26.4. The summed E-state index contributed by atoms with van der Waals surface area (Å²) in [5.74, 6) is 0.822. The van der Waals surface area contributed by atoms with Crippen LogP contribution in [0.3, 0.4) is 0 Å². The van der Waals surface area contributed by atoms with Crippen molar-refractivity contribution < 1.29 is 28.9 Å². The van der Waals surface area contributed by atoms with Gasteiger partial charge >= 0.3 is 0 Å². The molecule has 40 heavy (non-hydrogen) atoms. The van der Waals surface area contributed by atoms with Crippen molar-refractivity contribution in [3.8, 4) is 11.5 Å². The average molecular weight is 588 g/mol. The van der Waals surface area contributed by atoms with E-state index in [1.807, 2.05) is 13.8 Å². The molecule has 0 bridgehead atoms. The molecule has 232 valence electrons. The minimum atomic E-state index is -0.819. The molecule has 1 aromatic rings. The Hall–Kier alpha value is -2.07. The van der Waals surface area contributed by atoms with Crippen LogP contribution in [0.15, 0.2) is 18.2 Å². The van der Waals surface area contributed by atoms with E-state index in [9.17, 15) is 14.7 Å². The molecule has 2 amide bonds. The Balaban J connectivity index is 0.0000152. The fourth-order valence-corrected chi connectivity index (χ4v) is 4.38. The van der Waals surface area contributed by atoms with Crippen molar-refractivity contribution in [1.82, 2.24) is 10.6 Å². The number of aliphatic hydroxyl groups is 1. The van der Waals surface area contributed by atoms with Crippen LogP contribution in [0, 0.1) is 23.7 Å². The molecule has 0 aliphatic rings. The number of hydrogen-bond acceptors (Lipinski definition) is 7. The van der Waals surface area contributed by atoms with Crippen LogP contribution in [0.4, 0.5) is 0 Å². The maximum Gasteiger partial charge on any atom is 0.255 e. The monoisotopic (exact) mass is 587 g/mol. The van der Waals surface area contributed by atoms with E-state index in [4.69, 9.17) is 19.9 Å². The van der Waals surface area contributed by atoms with Gasteiger partial charge in [-0.3, -0.25) is 9.59 Å². The van der Waals surface area contributed by atoms with Crippen molar-refractivity contribution in [1.29, 1.82) is 0 Å². The summed E-state index contributed by atoms with van der Waals surface area (Å²) in [4.78, 5) is 25.8. The third-order valence-electron chi connectivity index (χ3n) is 7.19. The molecule has 0 saturated heterocycles. The van der Waals surface area contributed by atoms with Gasteiger partial charge in [0.25, 0.3) is 5.91 Å². The number of hydrogen-bond donors (Lipinski definition) is 4. The molecule has 4 atom stereocenters. The smallest absolute Gasteiger partial charge is 0.255 e. The molecule has 0 radical (unpaired) electrons. The van der Waals surface area contributed by atoms with Gasteiger partial charge in [-0.25, -0.2) is 0 Å². The first-order valence-corrected chi connectivity index (χ1v) is 14.3. The van der Waals surface area contributed by atoms with Gasteiger partial charge < -0.3 is 35.7 Å². The minimum absolute atomic E-state index is 0. The second-order valence-corrected chi connectivity index (χ2v) is 11.0. The molecule has 1 aromatic carbocycles. The quantitative estimate of drug-likeness (QED) is 0.168. The number of nitrogens with one attached hydrogen (secondary N) is 2. The van der Waals surface area contributed by atoms with Crippen LogP contribution >= 0.6 is 12.4 Å². The topological polar surface area (TPSA) is 132 Å². The number of carbonyl (C=O) groups excluding carboxylic acids is 2. The normalized spacial score (nSPS) is 14.2. The number of amides is 2. The summed E-state index contributed by atoms with van der Waals surface area (Å²) in [5, 5.41) is 16.9. The summed E-state index contributed by atoms with van der Waals surface area (Å²) >= 11 is 0. The van der Waals surface area contributed by atoms with Crippen LogP contribution in [0.2, 0.25) is 0 Å².